The number of ketones is 1. The minimum absolute atomic E-state index is 0.164. The standard InChI is InChI=1S/C23H17FN2O5S/c24-16-8-6-14(7-9-16)20-19(21(27)15-4-2-1-3-5-15)22(28)23(29)26(20)17-10-12-18(13-11-17)32(25,30)31/h1-13,20,27H,(H2,25,30,31)/b21-19+. The minimum Gasteiger partial charge on any atom is -0.507 e. The molecular weight excluding hydrogens is 435 g/mol. The number of hydrogen-bond acceptors (Lipinski definition) is 5. The highest BCUT2D eigenvalue weighted by atomic mass is 32.2. The summed E-state index contributed by atoms with van der Waals surface area (Å²) in [6.07, 6.45) is 0. The monoisotopic (exact) mass is 452 g/mol. The molecule has 1 fully saturated rings. The molecule has 9 heteroatoms. The highest BCUT2D eigenvalue weighted by Crippen LogP contribution is 2.42. The Morgan fingerprint density at radius 3 is 2.06 bits per heavy atom. The number of nitrogens with zero attached hydrogens (tertiary/aromatic N) is 1. The molecule has 32 heavy (non-hydrogen) atoms. The van der Waals surface area contributed by atoms with Crippen LogP contribution in [0.15, 0.2) is 89.3 Å². The van der Waals surface area contributed by atoms with Gasteiger partial charge in [-0.15, -0.1) is 0 Å². The van der Waals surface area contributed by atoms with E-state index in [2.05, 4.69) is 0 Å². The molecule has 0 radical (unpaired) electrons. The summed E-state index contributed by atoms with van der Waals surface area (Å²) in [5.74, 6) is -2.72. The quantitative estimate of drug-likeness (QED) is 0.358. The number of primary sulfonamides is 1. The Hall–Kier alpha value is -3.82. The Labute approximate surface area is 183 Å². The molecule has 1 amide bonds. The number of anilines is 1. The fourth-order valence-corrected chi connectivity index (χ4v) is 4.12. The maximum Gasteiger partial charge on any atom is 0.300 e. The van der Waals surface area contributed by atoms with Crippen molar-refractivity contribution in [2.75, 3.05) is 4.90 Å². The van der Waals surface area contributed by atoms with Crippen molar-refractivity contribution in [3.63, 3.8) is 0 Å². The lowest BCUT2D eigenvalue weighted by atomic mass is 9.95. The molecule has 4 rings (SSSR count). The van der Waals surface area contributed by atoms with Crippen LogP contribution >= 0.6 is 0 Å². The minimum atomic E-state index is -3.96. The number of nitrogens with two attached hydrogens (primary N) is 1. The van der Waals surface area contributed by atoms with E-state index in [1.54, 1.807) is 30.3 Å². The molecule has 162 valence electrons. The molecule has 1 aliphatic heterocycles. The first-order chi connectivity index (χ1) is 15.2. The van der Waals surface area contributed by atoms with Crippen LogP contribution in [0.3, 0.4) is 0 Å². The normalized spacial score (nSPS) is 18.2. The summed E-state index contributed by atoms with van der Waals surface area (Å²) in [5.41, 5.74) is 0.769. The Balaban J connectivity index is 1.92. The molecule has 0 spiro atoms. The van der Waals surface area contributed by atoms with Crippen molar-refractivity contribution in [3.05, 3.63) is 101 Å². The smallest absolute Gasteiger partial charge is 0.300 e. The van der Waals surface area contributed by atoms with E-state index in [-0.39, 0.29) is 21.9 Å². The van der Waals surface area contributed by atoms with E-state index >= 15 is 0 Å². The molecule has 1 unspecified atom stereocenters. The number of benzene rings is 3. The third-order valence-corrected chi connectivity index (χ3v) is 6.05. The molecular formula is C23H17FN2O5S. The van der Waals surface area contributed by atoms with E-state index in [9.17, 15) is 27.5 Å². The second-order valence-electron chi connectivity index (χ2n) is 7.13. The highest BCUT2D eigenvalue weighted by Gasteiger charge is 2.47. The van der Waals surface area contributed by atoms with Crippen LogP contribution in [0.1, 0.15) is 17.2 Å². The van der Waals surface area contributed by atoms with Crippen molar-refractivity contribution in [3.8, 4) is 0 Å². The SMILES string of the molecule is NS(=O)(=O)c1ccc(N2C(=O)C(=O)/C(=C(/O)c3ccccc3)C2c2ccc(F)cc2)cc1. The summed E-state index contributed by atoms with van der Waals surface area (Å²) in [6, 6.07) is 17.5. The predicted molar refractivity (Wildman–Crippen MR) is 115 cm³/mol. The lowest BCUT2D eigenvalue weighted by Crippen LogP contribution is -2.29. The number of Topliss-reactive ketones (excluding diaryl/α,β-unsaturated/α-hetero) is 1. The molecule has 1 atom stereocenters. The second kappa shape index (κ2) is 8.03. The molecule has 0 aromatic heterocycles. The topological polar surface area (TPSA) is 118 Å². The second-order valence-corrected chi connectivity index (χ2v) is 8.69. The van der Waals surface area contributed by atoms with Gasteiger partial charge in [0.1, 0.15) is 11.6 Å². The van der Waals surface area contributed by atoms with Gasteiger partial charge in [-0.1, -0.05) is 42.5 Å². The van der Waals surface area contributed by atoms with Gasteiger partial charge in [0.25, 0.3) is 11.7 Å². The van der Waals surface area contributed by atoms with Crippen molar-refractivity contribution < 1.29 is 27.5 Å². The number of carbonyl (C=O) groups excluding carboxylic acids is 2. The van der Waals surface area contributed by atoms with Crippen LogP contribution in [-0.4, -0.2) is 25.2 Å². The Morgan fingerprint density at radius 2 is 1.50 bits per heavy atom. The van der Waals surface area contributed by atoms with Gasteiger partial charge >= 0.3 is 0 Å². The maximum atomic E-state index is 13.5. The van der Waals surface area contributed by atoms with Gasteiger partial charge in [0.2, 0.25) is 10.0 Å². The van der Waals surface area contributed by atoms with Gasteiger partial charge in [-0.05, 0) is 42.0 Å². The van der Waals surface area contributed by atoms with Crippen molar-refractivity contribution in [1.29, 1.82) is 0 Å². The van der Waals surface area contributed by atoms with E-state index < -0.39 is 33.6 Å². The predicted octanol–water partition coefficient (Wildman–Crippen LogP) is 3.10. The number of sulfonamides is 1. The molecule has 3 N–H and O–H groups in total. The molecule has 0 aliphatic carbocycles. The van der Waals surface area contributed by atoms with Crippen molar-refractivity contribution >= 4 is 33.2 Å². The van der Waals surface area contributed by atoms with Gasteiger partial charge in [-0.3, -0.25) is 14.5 Å². The molecule has 0 saturated carbocycles. The number of rotatable bonds is 4. The third kappa shape index (κ3) is 3.79. The molecule has 0 bridgehead atoms. The first-order valence-electron chi connectivity index (χ1n) is 9.43. The Morgan fingerprint density at radius 1 is 0.906 bits per heavy atom. The summed E-state index contributed by atoms with van der Waals surface area (Å²) in [6.45, 7) is 0. The van der Waals surface area contributed by atoms with E-state index in [1.165, 1.54) is 48.5 Å². The zero-order valence-electron chi connectivity index (χ0n) is 16.5. The van der Waals surface area contributed by atoms with Crippen molar-refractivity contribution in [1.82, 2.24) is 0 Å². The zero-order valence-corrected chi connectivity index (χ0v) is 17.3. The van der Waals surface area contributed by atoms with E-state index in [4.69, 9.17) is 5.14 Å². The molecule has 7 nitrogen and oxygen atoms in total. The van der Waals surface area contributed by atoms with Gasteiger partial charge in [-0.2, -0.15) is 0 Å². The molecule has 1 heterocycles. The molecule has 1 aliphatic rings. The Bertz CT molecular complexity index is 1340. The Kier molecular flexibility index (Phi) is 5.37. The first kappa shape index (κ1) is 21.4. The van der Waals surface area contributed by atoms with E-state index in [0.29, 0.717) is 11.1 Å². The number of aliphatic hydroxyl groups excluding tert-OH is 1. The van der Waals surface area contributed by atoms with Gasteiger partial charge in [0, 0.05) is 11.3 Å². The van der Waals surface area contributed by atoms with Crippen LogP contribution in [0, 0.1) is 5.82 Å². The summed E-state index contributed by atoms with van der Waals surface area (Å²) < 4.78 is 36.7. The average molecular weight is 452 g/mol. The number of aliphatic hydroxyl groups is 1. The first-order valence-corrected chi connectivity index (χ1v) is 11.0. The number of carbonyl (C=O) groups is 2. The average Bonchev–Trinajstić information content (AvgIpc) is 3.04. The lowest BCUT2D eigenvalue weighted by Gasteiger charge is -2.25. The van der Waals surface area contributed by atoms with Gasteiger partial charge in [0.15, 0.2) is 0 Å². The fourth-order valence-electron chi connectivity index (χ4n) is 3.61. The maximum absolute atomic E-state index is 13.5. The third-order valence-electron chi connectivity index (χ3n) is 5.12. The number of halogens is 1. The van der Waals surface area contributed by atoms with Crippen LogP contribution in [0.4, 0.5) is 10.1 Å². The summed E-state index contributed by atoms with van der Waals surface area (Å²) in [4.78, 5) is 26.9. The summed E-state index contributed by atoms with van der Waals surface area (Å²) in [5, 5.41) is 16.1. The largest absolute Gasteiger partial charge is 0.507 e. The van der Waals surface area contributed by atoms with Crippen LogP contribution in [0.5, 0.6) is 0 Å². The molecule has 3 aromatic carbocycles. The summed E-state index contributed by atoms with van der Waals surface area (Å²) >= 11 is 0. The van der Waals surface area contributed by atoms with Crippen molar-refractivity contribution in [2.24, 2.45) is 5.14 Å². The van der Waals surface area contributed by atoms with E-state index in [0.717, 1.165) is 4.90 Å². The van der Waals surface area contributed by atoms with Gasteiger partial charge in [0.05, 0.1) is 16.5 Å². The van der Waals surface area contributed by atoms with Gasteiger partial charge in [-0.25, -0.2) is 17.9 Å². The number of amides is 1. The van der Waals surface area contributed by atoms with Crippen LogP contribution < -0.4 is 10.0 Å². The van der Waals surface area contributed by atoms with Crippen LogP contribution in [0.2, 0.25) is 0 Å². The number of hydrogen-bond donors (Lipinski definition) is 2. The van der Waals surface area contributed by atoms with Crippen LogP contribution in [0.25, 0.3) is 5.76 Å². The van der Waals surface area contributed by atoms with Gasteiger partial charge < -0.3 is 5.11 Å². The molecule has 3 aromatic rings. The fraction of sp³-hybridized carbons (Fsp3) is 0.0435. The molecule has 1 saturated heterocycles. The highest BCUT2D eigenvalue weighted by molar-refractivity contribution is 7.89. The van der Waals surface area contributed by atoms with E-state index in [1.807, 2.05) is 0 Å². The zero-order chi connectivity index (χ0) is 23.0. The van der Waals surface area contributed by atoms with Crippen molar-refractivity contribution in [2.45, 2.75) is 10.9 Å². The summed E-state index contributed by atoms with van der Waals surface area (Å²) in [7, 11) is -3.96. The lowest BCUT2D eigenvalue weighted by molar-refractivity contribution is -0.132. The van der Waals surface area contributed by atoms with Crippen LogP contribution in [-0.2, 0) is 19.6 Å².